The van der Waals surface area contributed by atoms with Crippen LogP contribution >= 0.6 is 0 Å². The summed E-state index contributed by atoms with van der Waals surface area (Å²) in [6, 6.07) is 13.6. The number of aryl methyl sites for hydroxylation is 1. The number of benzene rings is 2. The van der Waals surface area contributed by atoms with Gasteiger partial charge in [-0.25, -0.2) is 4.98 Å². The van der Waals surface area contributed by atoms with Gasteiger partial charge in [-0.15, -0.1) is 0 Å². The number of hydrogen-bond acceptors (Lipinski definition) is 5. The van der Waals surface area contributed by atoms with Crippen molar-refractivity contribution < 1.29 is 20.8 Å². The quantitative estimate of drug-likeness (QED) is 0.337. The van der Waals surface area contributed by atoms with E-state index in [1.54, 1.807) is 12.1 Å². The number of amides is 1. The molecule has 3 aromatic rings. The number of rotatable bonds is 7. The molecule has 2 heterocycles. The number of aromatic nitrogens is 1. The van der Waals surface area contributed by atoms with Crippen LogP contribution in [0.5, 0.6) is 0 Å². The number of carbonyl (C=O) groups is 1. The first-order chi connectivity index (χ1) is 19.7. The van der Waals surface area contributed by atoms with E-state index in [-0.39, 0.29) is 20.6 Å². The maximum Gasteiger partial charge on any atom is 0.416 e. The van der Waals surface area contributed by atoms with E-state index in [4.69, 9.17) is 0 Å². The zero-order chi connectivity index (χ0) is 29.0. The van der Waals surface area contributed by atoms with Crippen LogP contribution in [0.1, 0.15) is 53.9 Å². The van der Waals surface area contributed by atoms with Crippen molar-refractivity contribution in [3.63, 3.8) is 0 Å². The molecule has 41 heavy (non-hydrogen) atoms. The predicted octanol–water partition coefficient (Wildman–Crippen LogP) is 6.60. The van der Waals surface area contributed by atoms with E-state index in [0.717, 1.165) is 80.4 Å². The summed E-state index contributed by atoms with van der Waals surface area (Å²) >= 11 is 0. The van der Waals surface area contributed by atoms with Gasteiger partial charge in [0.15, 0.2) is 0 Å². The Morgan fingerprint density at radius 3 is 2.54 bits per heavy atom. The third-order valence-electron chi connectivity index (χ3n) is 7.89. The molecule has 1 saturated heterocycles. The summed E-state index contributed by atoms with van der Waals surface area (Å²) in [5, 5.41) is 5.72. The van der Waals surface area contributed by atoms with Gasteiger partial charge < -0.3 is 15.5 Å². The van der Waals surface area contributed by atoms with Gasteiger partial charge in [0, 0.05) is 60.1 Å². The fraction of sp³-hybridized carbons (Fsp3) is 0.375. The van der Waals surface area contributed by atoms with Gasteiger partial charge in [-0.2, -0.15) is 13.2 Å². The number of anilines is 2. The highest BCUT2D eigenvalue weighted by atomic mass is 19.4. The number of nitrogens with zero attached hydrogens (tertiary/aromatic N) is 3. The Bertz CT molecular complexity index is 1420. The summed E-state index contributed by atoms with van der Waals surface area (Å²) in [6.07, 6.45) is 3.12. The number of allylic oxidation sites excluding steroid dienone is 1. The summed E-state index contributed by atoms with van der Waals surface area (Å²) < 4.78 is 42.0. The summed E-state index contributed by atoms with van der Waals surface area (Å²) in [5.74, 6) is 0.385. The maximum absolute atomic E-state index is 14.0. The average molecular weight is 568 g/mol. The van der Waals surface area contributed by atoms with Gasteiger partial charge in [-0.1, -0.05) is 29.8 Å². The van der Waals surface area contributed by atoms with Crippen molar-refractivity contribution in [2.45, 2.75) is 38.4 Å². The van der Waals surface area contributed by atoms with E-state index in [1.807, 2.05) is 43.4 Å². The molecule has 1 fully saturated rings. The van der Waals surface area contributed by atoms with E-state index in [9.17, 15) is 18.0 Å². The number of nitrogens with one attached hydrogen (secondary N) is 2. The minimum absolute atomic E-state index is 0. The van der Waals surface area contributed by atoms with Gasteiger partial charge in [-0.3, -0.25) is 9.69 Å². The molecule has 0 atom stereocenters. The molecular weight excluding hydrogens is 527 g/mol. The number of pyridine rings is 1. The molecule has 0 spiro atoms. The van der Waals surface area contributed by atoms with Crippen LogP contribution in [0.4, 0.5) is 24.7 Å². The van der Waals surface area contributed by atoms with Gasteiger partial charge in [-0.05, 0) is 85.3 Å². The van der Waals surface area contributed by atoms with Crippen molar-refractivity contribution in [3.05, 3.63) is 93.7 Å². The second kappa shape index (κ2) is 12.4. The van der Waals surface area contributed by atoms with Crippen molar-refractivity contribution in [2.75, 3.05) is 50.9 Å². The number of piperazine rings is 1. The molecule has 9 heteroatoms. The molecule has 1 amide bonds. The van der Waals surface area contributed by atoms with Crippen LogP contribution in [0, 0.1) is 0 Å². The molecule has 0 radical (unpaired) electrons. The van der Waals surface area contributed by atoms with E-state index >= 15 is 0 Å². The number of halogens is 3. The first kappa shape index (κ1) is 28.8. The molecule has 1 aliphatic carbocycles. The fourth-order valence-electron chi connectivity index (χ4n) is 5.48. The highest BCUT2D eigenvalue weighted by Crippen LogP contribution is 2.35. The fourth-order valence-corrected chi connectivity index (χ4v) is 5.48. The molecule has 1 aliphatic heterocycles. The van der Waals surface area contributed by atoms with Crippen LogP contribution < -0.4 is 10.6 Å². The Labute approximate surface area is 242 Å². The smallest absolute Gasteiger partial charge is 0.373 e. The van der Waals surface area contributed by atoms with Gasteiger partial charge in [0.1, 0.15) is 5.82 Å². The largest absolute Gasteiger partial charge is 0.416 e. The van der Waals surface area contributed by atoms with Crippen molar-refractivity contribution in [1.29, 1.82) is 0 Å². The molecule has 1 aromatic heterocycles. The Morgan fingerprint density at radius 2 is 1.83 bits per heavy atom. The van der Waals surface area contributed by atoms with Crippen LogP contribution in [0.15, 0.2) is 60.3 Å². The second-order valence-corrected chi connectivity index (χ2v) is 11.0. The van der Waals surface area contributed by atoms with Crippen LogP contribution in [-0.4, -0.2) is 61.0 Å². The summed E-state index contributed by atoms with van der Waals surface area (Å²) in [4.78, 5) is 21.8. The lowest BCUT2D eigenvalue weighted by Gasteiger charge is -2.33. The summed E-state index contributed by atoms with van der Waals surface area (Å²) in [5.41, 5.74) is 4.57. The number of carbonyl (C=O) groups excluding carboxylic acids is 1. The van der Waals surface area contributed by atoms with Gasteiger partial charge in [0.25, 0.3) is 5.91 Å². The van der Waals surface area contributed by atoms with E-state index in [1.165, 1.54) is 11.6 Å². The molecule has 0 bridgehead atoms. The first-order valence-corrected chi connectivity index (χ1v) is 14.1. The van der Waals surface area contributed by atoms with Crippen molar-refractivity contribution in [3.8, 4) is 0 Å². The minimum atomic E-state index is -4.52. The Morgan fingerprint density at radius 1 is 1.02 bits per heavy atom. The first-order valence-electron chi connectivity index (χ1n) is 14.1. The lowest BCUT2D eigenvalue weighted by atomic mass is 10.00. The molecule has 6 nitrogen and oxygen atoms in total. The highest BCUT2D eigenvalue weighted by Gasteiger charge is 2.34. The van der Waals surface area contributed by atoms with Gasteiger partial charge in [0.2, 0.25) is 0 Å². The maximum atomic E-state index is 14.0. The van der Waals surface area contributed by atoms with Crippen LogP contribution in [-0.2, 0) is 25.6 Å². The van der Waals surface area contributed by atoms with Gasteiger partial charge >= 0.3 is 6.18 Å². The minimum Gasteiger partial charge on any atom is -0.373 e. The molecule has 2 N–H and O–H groups in total. The Hall–Kier alpha value is -3.69. The third kappa shape index (κ3) is 7.34. The Balaban J connectivity index is 0.00000253. The zero-order valence-electron chi connectivity index (χ0n) is 23.5. The summed E-state index contributed by atoms with van der Waals surface area (Å²) in [7, 11) is 3.85. The normalized spacial score (nSPS) is 16.5. The monoisotopic (exact) mass is 567 g/mol. The van der Waals surface area contributed by atoms with E-state index in [0.29, 0.717) is 5.56 Å². The molecule has 0 saturated carbocycles. The van der Waals surface area contributed by atoms with E-state index in [2.05, 4.69) is 32.7 Å². The second-order valence-electron chi connectivity index (χ2n) is 11.0. The van der Waals surface area contributed by atoms with Crippen LogP contribution in [0.2, 0.25) is 0 Å². The Kier molecular flexibility index (Phi) is 8.75. The highest BCUT2D eigenvalue weighted by molar-refractivity contribution is 6.04. The SMILES string of the molecule is CNc1ccc(CC2=Cc3cc(C(=O)Nc4ccc(CN5CCN(C)CC5)c(C(F)(F)F)c4)ccc3CCC2)cn1.[HH].[HH]. The number of hydrogen-bond donors (Lipinski definition) is 2. The third-order valence-corrected chi connectivity index (χ3v) is 7.89. The zero-order valence-corrected chi connectivity index (χ0v) is 23.5. The topological polar surface area (TPSA) is 60.5 Å². The number of fused-ring (bicyclic) bond motifs is 1. The van der Waals surface area contributed by atoms with Crippen molar-refractivity contribution in [2.24, 2.45) is 0 Å². The van der Waals surface area contributed by atoms with Crippen molar-refractivity contribution >= 4 is 23.5 Å². The molecular formula is C32H40F3N5O. The predicted molar refractivity (Wildman–Crippen MR) is 161 cm³/mol. The van der Waals surface area contributed by atoms with Crippen LogP contribution in [0.25, 0.3) is 6.08 Å². The average Bonchev–Trinajstić information content (AvgIpc) is 3.16. The number of likely N-dealkylation sites (N-methyl/N-ethyl adjacent to an activating group) is 1. The lowest BCUT2D eigenvalue weighted by Crippen LogP contribution is -2.44. The summed E-state index contributed by atoms with van der Waals surface area (Å²) in [6.45, 7) is 3.33. The molecule has 0 unspecified atom stereocenters. The van der Waals surface area contributed by atoms with E-state index < -0.39 is 17.6 Å². The molecule has 220 valence electrons. The number of alkyl halides is 3. The van der Waals surface area contributed by atoms with Gasteiger partial charge in [0.05, 0.1) is 5.56 Å². The standard InChI is InChI=1S/C32H36F3N5O.2H2/c1-36-30-11-6-23(20-37-30)16-22-4-3-5-24-7-8-25(18-27(24)17-22)31(41)38-28-10-9-26(29(19-28)32(33,34)35)21-40-14-12-39(2)13-15-40;;/h6-11,17-20H,3-5,12-16,21H2,1-2H3,(H,36,37)(H,38,41);2*1H. The molecule has 5 rings (SSSR count). The van der Waals surface area contributed by atoms with Crippen LogP contribution in [0.3, 0.4) is 0 Å². The molecule has 2 aromatic carbocycles. The molecule has 2 aliphatic rings. The lowest BCUT2D eigenvalue weighted by molar-refractivity contribution is -0.138. The van der Waals surface area contributed by atoms with Crippen molar-refractivity contribution in [1.82, 2.24) is 14.8 Å².